The average molecular weight is 350 g/mol. The summed E-state index contributed by atoms with van der Waals surface area (Å²) in [6, 6.07) is 13.4. The van der Waals surface area contributed by atoms with Crippen molar-refractivity contribution in [3.05, 3.63) is 76.8 Å². The first kappa shape index (κ1) is 15.5. The maximum Gasteiger partial charge on any atom is 0.290 e. The van der Waals surface area contributed by atoms with Gasteiger partial charge < -0.3 is 4.42 Å². The number of aromatic amines is 1. The van der Waals surface area contributed by atoms with Crippen molar-refractivity contribution in [3.8, 4) is 11.5 Å². The first-order valence-electron chi connectivity index (χ1n) is 7.61. The van der Waals surface area contributed by atoms with E-state index < -0.39 is 0 Å². The van der Waals surface area contributed by atoms with Crippen molar-refractivity contribution in [2.75, 3.05) is 0 Å². The van der Waals surface area contributed by atoms with Gasteiger partial charge in [0.2, 0.25) is 5.16 Å². The van der Waals surface area contributed by atoms with Crippen LogP contribution in [-0.4, -0.2) is 19.8 Å². The fraction of sp³-hybridized carbons (Fsp3) is 0.0556. The van der Waals surface area contributed by atoms with Gasteiger partial charge in [0.05, 0.1) is 6.26 Å². The van der Waals surface area contributed by atoms with Crippen molar-refractivity contribution < 1.29 is 4.42 Å². The van der Waals surface area contributed by atoms with Crippen LogP contribution in [0.1, 0.15) is 11.1 Å². The number of aromatic nitrogens is 4. The molecule has 1 N–H and O–H groups in total. The van der Waals surface area contributed by atoms with Crippen LogP contribution in [-0.2, 0) is 5.75 Å². The monoisotopic (exact) mass is 350 g/mol. The standard InChI is InChI=1S/C18H14N4O2S/c1-2-12-5-7-13(8-6-12)11-25-18-20-19-17(23)15-10-14(21-22(15)18)16-4-3-9-24-16/h2-10H,1,11H2,(H,19,23). The van der Waals surface area contributed by atoms with Gasteiger partial charge in [-0.2, -0.15) is 5.10 Å². The van der Waals surface area contributed by atoms with Crippen LogP contribution in [0, 0.1) is 0 Å². The molecule has 6 nitrogen and oxygen atoms in total. The highest BCUT2D eigenvalue weighted by Crippen LogP contribution is 2.24. The molecule has 0 atom stereocenters. The Bertz CT molecular complexity index is 1080. The molecule has 0 aliphatic heterocycles. The van der Waals surface area contributed by atoms with E-state index >= 15 is 0 Å². The van der Waals surface area contributed by atoms with Crippen LogP contribution in [0.4, 0.5) is 0 Å². The van der Waals surface area contributed by atoms with Gasteiger partial charge in [0.25, 0.3) is 5.56 Å². The van der Waals surface area contributed by atoms with Crippen molar-refractivity contribution in [2.24, 2.45) is 0 Å². The minimum absolute atomic E-state index is 0.287. The molecule has 3 aromatic heterocycles. The third kappa shape index (κ3) is 3.01. The van der Waals surface area contributed by atoms with E-state index in [-0.39, 0.29) is 5.56 Å². The predicted octanol–water partition coefficient (Wildman–Crippen LogP) is 3.61. The van der Waals surface area contributed by atoms with Gasteiger partial charge in [0.15, 0.2) is 5.76 Å². The topological polar surface area (TPSA) is 76.2 Å². The molecule has 124 valence electrons. The number of H-pyrrole nitrogens is 1. The van der Waals surface area contributed by atoms with E-state index in [0.717, 1.165) is 11.1 Å². The van der Waals surface area contributed by atoms with Crippen LogP contribution in [0.3, 0.4) is 0 Å². The molecule has 4 rings (SSSR count). The highest BCUT2D eigenvalue weighted by atomic mass is 32.2. The van der Waals surface area contributed by atoms with Gasteiger partial charge in [-0.3, -0.25) is 4.79 Å². The lowest BCUT2D eigenvalue weighted by molar-refractivity contribution is 0.578. The van der Waals surface area contributed by atoms with E-state index in [1.54, 1.807) is 29.0 Å². The van der Waals surface area contributed by atoms with Crippen LogP contribution in [0.25, 0.3) is 23.0 Å². The first-order chi connectivity index (χ1) is 12.2. The summed E-state index contributed by atoms with van der Waals surface area (Å²) in [6.07, 6.45) is 3.38. The second kappa shape index (κ2) is 6.45. The number of furan rings is 1. The summed E-state index contributed by atoms with van der Waals surface area (Å²) in [4.78, 5) is 12.0. The molecule has 1 aromatic carbocycles. The van der Waals surface area contributed by atoms with Crippen LogP contribution in [0.5, 0.6) is 0 Å². The van der Waals surface area contributed by atoms with Crippen LogP contribution in [0.2, 0.25) is 0 Å². The molecular weight excluding hydrogens is 336 g/mol. The maximum atomic E-state index is 12.0. The minimum atomic E-state index is -0.287. The van der Waals surface area contributed by atoms with Crippen LogP contribution < -0.4 is 5.56 Å². The van der Waals surface area contributed by atoms with Gasteiger partial charge >= 0.3 is 0 Å². The lowest BCUT2D eigenvalue weighted by Crippen LogP contribution is -2.13. The zero-order valence-electron chi connectivity index (χ0n) is 13.2. The summed E-state index contributed by atoms with van der Waals surface area (Å²) >= 11 is 1.50. The summed E-state index contributed by atoms with van der Waals surface area (Å²) in [5.74, 6) is 1.32. The highest BCUT2D eigenvalue weighted by Gasteiger charge is 2.13. The summed E-state index contributed by atoms with van der Waals surface area (Å²) in [7, 11) is 0. The number of hydrogen-bond acceptors (Lipinski definition) is 5. The smallest absolute Gasteiger partial charge is 0.290 e. The maximum absolute atomic E-state index is 12.0. The first-order valence-corrected chi connectivity index (χ1v) is 8.59. The zero-order valence-corrected chi connectivity index (χ0v) is 14.0. The van der Waals surface area contributed by atoms with Gasteiger partial charge in [-0.25, -0.2) is 9.61 Å². The van der Waals surface area contributed by atoms with Gasteiger partial charge in [-0.15, -0.1) is 5.10 Å². The van der Waals surface area contributed by atoms with Crippen LogP contribution >= 0.6 is 11.8 Å². The SMILES string of the molecule is C=Cc1ccc(CSc2n[nH]c(=O)c3cc(-c4ccco4)nn23)cc1. The molecule has 4 aromatic rings. The Labute approximate surface area is 147 Å². The average Bonchev–Trinajstić information content (AvgIpc) is 3.31. The summed E-state index contributed by atoms with van der Waals surface area (Å²) in [5, 5.41) is 11.7. The van der Waals surface area contributed by atoms with E-state index in [9.17, 15) is 4.79 Å². The fourth-order valence-corrected chi connectivity index (χ4v) is 3.29. The molecule has 0 bridgehead atoms. The minimum Gasteiger partial charge on any atom is -0.463 e. The van der Waals surface area contributed by atoms with Crippen molar-refractivity contribution in [2.45, 2.75) is 10.9 Å². The molecule has 0 saturated heterocycles. The molecular formula is C18H14N4O2S. The number of nitrogens with one attached hydrogen (secondary N) is 1. The summed E-state index contributed by atoms with van der Waals surface area (Å²) in [6.45, 7) is 3.75. The largest absolute Gasteiger partial charge is 0.463 e. The molecule has 0 aliphatic rings. The fourth-order valence-electron chi connectivity index (χ4n) is 2.43. The molecule has 0 unspecified atom stereocenters. The van der Waals surface area contributed by atoms with Crippen LogP contribution in [0.15, 0.2) is 69.7 Å². The van der Waals surface area contributed by atoms with Crippen molar-refractivity contribution in [1.82, 2.24) is 19.8 Å². The Morgan fingerprint density at radius 1 is 1.28 bits per heavy atom. The molecule has 0 spiro atoms. The van der Waals surface area contributed by atoms with Gasteiger partial charge in [0, 0.05) is 11.8 Å². The molecule has 0 aliphatic carbocycles. The molecule has 0 radical (unpaired) electrons. The van der Waals surface area contributed by atoms with Crippen molar-refractivity contribution in [1.29, 1.82) is 0 Å². The Morgan fingerprint density at radius 3 is 2.84 bits per heavy atom. The Hall–Kier alpha value is -3.06. The van der Waals surface area contributed by atoms with E-state index in [1.807, 2.05) is 30.3 Å². The zero-order chi connectivity index (χ0) is 17.2. The Morgan fingerprint density at radius 2 is 2.12 bits per heavy atom. The third-order valence-electron chi connectivity index (χ3n) is 3.73. The lowest BCUT2D eigenvalue weighted by atomic mass is 10.1. The number of thioether (sulfide) groups is 1. The summed E-state index contributed by atoms with van der Waals surface area (Å²) < 4.78 is 6.91. The second-order valence-corrected chi connectivity index (χ2v) is 6.32. The lowest BCUT2D eigenvalue weighted by Gasteiger charge is -2.03. The molecule has 0 fully saturated rings. The van der Waals surface area contributed by atoms with Crippen molar-refractivity contribution >= 4 is 23.4 Å². The van der Waals surface area contributed by atoms with Gasteiger partial charge in [0.1, 0.15) is 11.2 Å². The normalized spacial score (nSPS) is 11.0. The number of benzene rings is 1. The highest BCUT2D eigenvalue weighted by molar-refractivity contribution is 7.98. The van der Waals surface area contributed by atoms with E-state index in [2.05, 4.69) is 21.9 Å². The molecule has 7 heteroatoms. The van der Waals surface area contributed by atoms with E-state index in [0.29, 0.717) is 27.9 Å². The Kier molecular flexibility index (Phi) is 3.99. The molecule has 3 heterocycles. The van der Waals surface area contributed by atoms with Crippen molar-refractivity contribution in [3.63, 3.8) is 0 Å². The van der Waals surface area contributed by atoms with E-state index in [4.69, 9.17) is 4.42 Å². The number of rotatable bonds is 5. The molecule has 25 heavy (non-hydrogen) atoms. The number of nitrogens with zero attached hydrogens (tertiary/aromatic N) is 3. The van der Waals surface area contributed by atoms with Gasteiger partial charge in [-0.05, 0) is 23.3 Å². The quantitative estimate of drug-likeness (QED) is 0.556. The van der Waals surface area contributed by atoms with E-state index in [1.165, 1.54) is 11.8 Å². The third-order valence-corrected chi connectivity index (χ3v) is 4.73. The number of hydrogen-bond donors (Lipinski definition) is 1. The van der Waals surface area contributed by atoms with Gasteiger partial charge in [-0.1, -0.05) is 48.7 Å². The predicted molar refractivity (Wildman–Crippen MR) is 97.4 cm³/mol. The summed E-state index contributed by atoms with van der Waals surface area (Å²) in [5.41, 5.74) is 2.97. The number of fused-ring (bicyclic) bond motifs is 1. The molecule has 0 saturated carbocycles. The Balaban J connectivity index is 1.65. The molecule has 0 amide bonds. The second-order valence-electron chi connectivity index (χ2n) is 5.37.